The number of amides is 3. The molecule has 2 atom stereocenters. The van der Waals surface area contributed by atoms with Gasteiger partial charge >= 0.3 is 12.0 Å². The van der Waals surface area contributed by atoms with Crippen LogP contribution < -0.4 is 16.4 Å². The van der Waals surface area contributed by atoms with Gasteiger partial charge in [0.25, 0.3) is 0 Å². The number of primary amides is 1. The van der Waals surface area contributed by atoms with Gasteiger partial charge in [-0.2, -0.15) is 0 Å². The van der Waals surface area contributed by atoms with E-state index >= 15 is 0 Å². The molecule has 0 aromatic carbocycles. The van der Waals surface area contributed by atoms with Crippen LogP contribution in [0, 0.1) is 5.41 Å². The van der Waals surface area contributed by atoms with Gasteiger partial charge in [0.2, 0.25) is 5.91 Å². The summed E-state index contributed by atoms with van der Waals surface area (Å²) in [4.78, 5) is 33.2. The first-order valence-electron chi connectivity index (χ1n) is 6.28. The minimum atomic E-state index is -1.29. The molecule has 1 fully saturated rings. The molecule has 1 rings (SSSR count). The summed E-state index contributed by atoms with van der Waals surface area (Å²) < 4.78 is 0. The molecule has 1 saturated carbocycles. The molecular formula is C12H21N3O4. The lowest BCUT2D eigenvalue weighted by atomic mass is 9.92. The van der Waals surface area contributed by atoms with Crippen molar-refractivity contribution in [2.24, 2.45) is 11.1 Å². The first kappa shape index (κ1) is 15.3. The van der Waals surface area contributed by atoms with Crippen molar-refractivity contribution in [3.8, 4) is 0 Å². The van der Waals surface area contributed by atoms with E-state index in [1.165, 1.54) is 0 Å². The fraction of sp³-hybridized carbons (Fsp3) is 0.750. The molecule has 5 N–H and O–H groups in total. The molecule has 19 heavy (non-hydrogen) atoms. The number of carbonyl (C=O) groups excluding carboxylic acids is 2. The molecule has 0 aromatic heterocycles. The van der Waals surface area contributed by atoms with Gasteiger partial charge < -0.3 is 21.5 Å². The lowest BCUT2D eigenvalue weighted by Crippen LogP contribution is -2.49. The number of hydrogen-bond donors (Lipinski definition) is 4. The molecule has 0 saturated heterocycles. The van der Waals surface area contributed by atoms with E-state index in [0.717, 1.165) is 19.3 Å². The van der Waals surface area contributed by atoms with E-state index in [0.29, 0.717) is 0 Å². The van der Waals surface area contributed by atoms with Crippen LogP contribution in [-0.4, -0.2) is 35.1 Å². The summed E-state index contributed by atoms with van der Waals surface area (Å²) in [5, 5.41) is 13.8. The molecule has 1 aliphatic rings. The Labute approximate surface area is 111 Å². The standard InChI is InChI=1S/C12H21N3O4/c1-12(2)4-3-7(6-12)14-11(19)15-8(10(17)18)5-9(13)16/h7-8H,3-6H2,1-2H3,(H2,13,16)(H,17,18)(H2,14,15,19)/t7?,8-/m1/s1. The number of rotatable bonds is 5. The van der Waals surface area contributed by atoms with Gasteiger partial charge in [-0.3, -0.25) is 4.79 Å². The first-order valence-corrected chi connectivity index (χ1v) is 6.28. The largest absolute Gasteiger partial charge is 0.480 e. The van der Waals surface area contributed by atoms with E-state index in [1.54, 1.807) is 0 Å². The van der Waals surface area contributed by atoms with Gasteiger partial charge in [-0.25, -0.2) is 9.59 Å². The predicted octanol–water partition coefficient (Wildman–Crippen LogP) is 0.193. The third-order valence-corrected chi connectivity index (χ3v) is 3.31. The van der Waals surface area contributed by atoms with Gasteiger partial charge in [-0.1, -0.05) is 13.8 Å². The highest BCUT2D eigenvalue weighted by Gasteiger charge is 2.32. The molecule has 7 nitrogen and oxygen atoms in total. The molecule has 3 amide bonds. The van der Waals surface area contributed by atoms with Crippen molar-refractivity contribution in [2.45, 2.75) is 51.6 Å². The lowest BCUT2D eigenvalue weighted by molar-refractivity contribution is -0.140. The van der Waals surface area contributed by atoms with Crippen LogP contribution in [0.15, 0.2) is 0 Å². The molecule has 1 unspecified atom stereocenters. The highest BCUT2D eigenvalue weighted by Crippen LogP contribution is 2.36. The molecule has 7 heteroatoms. The summed E-state index contributed by atoms with van der Waals surface area (Å²) in [6.45, 7) is 4.25. The maximum Gasteiger partial charge on any atom is 0.326 e. The van der Waals surface area contributed by atoms with E-state index in [1.807, 2.05) is 0 Å². The topological polar surface area (TPSA) is 122 Å². The normalized spacial score (nSPS) is 22.5. The number of carbonyl (C=O) groups is 3. The highest BCUT2D eigenvalue weighted by atomic mass is 16.4. The summed E-state index contributed by atoms with van der Waals surface area (Å²) in [6.07, 6.45) is 2.32. The molecule has 0 spiro atoms. The number of hydrogen-bond acceptors (Lipinski definition) is 3. The van der Waals surface area contributed by atoms with Gasteiger partial charge in [0.15, 0.2) is 0 Å². The first-order chi connectivity index (χ1) is 8.69. The number of carboxylic acids is 1. The van der Waals surface area contributed by atoms with Crippen LogP contribution in [0.5, 0.6) is 0 Å². The smallest absolute Gasteiger partial charge is 0.326 e. The summed E-state index contributed by atoms with van der Waals surface area (Å²) >= 11 is 0. The van der Waals surface area contributed by atoms with Crippen LogP contribution in [0.3, 0.4) is 0 Å². The average molecular weight is 271 g/mol. The minimum Gasteiger partial charge on any atom is -0.480 e. The Kier molecular flexibility index (Phi) is 4.74. The van der Waals surface area contributed by atoms with Crippen molar-refractivity contribution >= 4 is 17.9 Å². The SMILES string of the molecule is CC1(C)CCC(NC(=O)N[C@H](CC(N)=O)C(=O)O)C1. The summed E-state index contributed by atoms with van der Waals surface area (Å²) in [5.74, 6) is -2.05. The third kappa shape index (κ3) is 5.15. The average Bonchev–Trinajstić information content (AvgIpc) is 2.56. The zero-order chi connectivity index (χ0) is 14.6. The molecule has 0 aliphatic heterocycles. The maximum absolute atomic E-state index is 11.7. The maximum atomic E-state index is 11.7. The van der Waals surface area contributed by atoms with E-state index in [-0.39, 0.29) is 11.5 Å². The van der Waals surface area contributed by atoms with E-state index < -0.39 is 30.4 Å². The molecule has 0 bridgehead atoms. The van der Waals surface area contributed by atoms with Crippen LogP contribution in [0.2, 0.25) is 0 Å². The number of nitrogens with one attached hydrogen (secondary N) is 2. The van der Waals surface area contributed by atoms with Gasteiger partial charge in [0.1, 0.15) is 6.04 Å². The quantitative estimate of drug-likeness (QED) is 0.570. The Morgan fingerprint density at radius 1 is 1.42 bits per heavy atom. The predicted molar refractivity (Wildman–Crippen MR) is 68.3 cm³/mol. The fourth-order valence-corrected chi connectivity index (χ4v) is 2.35. The molecule has 108 valence electrons. The number of nitrogens with two attached hydrogens (primary N) is 1. The van der Waals surface area contributed by atoms with Gasteiger partial charge in [0.05, 0.1) is 6.42 Å². The van der Waals surface area contributed by atoms with E-state index in [9.17, 15) is 14.4 Å². The Bertz CT molecular complexity index is 381. The lowest BCUT2D eigenvalue weighted by Gasteiger charge is -2.19. The fourth-order valence-electron chi connectivity index (χ4n) is 2.35. The van der Waals surface area contributed by atoms with E-state index in [2.05, 4.69) is 24.5 Å². The van der Waals surface area contributed by atoms with Gasteiger partial charge in [-0.15, -0.1) is 0 Å². The Hall–Kier alpha value is -1.79. The second kappa shape index (κ2) is 5.90. The Morgan fingerprint density at radius 2 is 2.05 bits per heavy atom. The van der Waals surface area contributed by atoms with Crippen molar-refractivity contribution in [1.82, 2.24) is 10.6 Å². The van der Waals surface area contributed by atoms with Gasteiger partial charge in [0, 0.05) is 6.04 Å². The zero-order valence-electron chi connectivity index (χ0n) is 11.2. The molecular weight excluding hydrogens is 250 g/mol. The highest BCUT2D eigenvalue weighted by molar-refractivity contribution is 5.87. The van der Waals surface area contributed by atoms with Crippen LogP contribution >= 0.6 is 0 Å². The van der Waals surface area contributed by atoms with Gasteiger partial charge in [-0.05, 0) is 24.7 Å². The monoisotopic (exact) mass is 271 g/mol. The molecule has 0 radical (unpaired) electrons. The van der Waals surface area contributed by atoms with Crippen LogP contribution in [0.25, 0.3) is 0 Å². The Morgan fingerprint density at radius 3 is 2.47 bits per heavy atom. The zero-order valence-corrected chi connectivity index (χ0v) is 11.2. The van der Waals surface area contributed by atoms with Crippen LogP contribution in [0.4, 0.5) is 4.79 Å². The number of urea groups is 1. The van der Waals surface area contributed by atoms with Crippen molar-refractivity contribution in [2.75, 3.05) is 0 Å². The summed E-state index contributed by atoms with van der Waals surface area (Å²) in [7, 11) is 0. The Balaban J connectivity index is 2.45. The molecule has 1 aliphatic carbocycles. The second-order valence-corrected chi connectivity index (χ2v) is 5.78. The minimum absolute atomic E-state index is 0.0398. The third-order valence-electron chi connectivity index (χ3n) is 3.31. The molecule has 0 heterocycles. The van der Waals surface area contributed by atoms with Crippen LogP contribution in [0.1, 0.15) is 39.5 Å². The van der Waals surface area contributed by atoms with Crippen LogP contribution in [-0.2, 0) is 9.59 Å². The summed E-state index contributed by atoms with van der Waals surface area (Å²) in [5.41, 5.74) is 5.12. The number of aliphatic carboxylic acids is 1. The van der Waals surface area contributed by atoms with E-state index in [4.69, 9.17) is 10.8 Å². The number of carboxylic acid groups (broad SMARTS) is 1. The molecule has 0 aromatic rings. The van der Waals surface area contributed by atoms with Crippen molar-refractivity contribution in [3.63, 3.8) is 0 Å². The van der Waals surface area contributed by atoms with Crippen molar-refractivity contribution in [3.05, 3.63) is 0 Å². The second-order valence-electron chi connectivity index (χ2n) is 5.78. The summed E-state index contributed by atoms with van der Waals surface area (Å²) in [6, 6.07) is -1.82. The van der Waals surface area contributed by atoms with Crippen molar-refractivity contribution in [1.29, 1.82) is 0 Å². The van der Waals surface area contributed by atoms with Crippen molar-refractivity contribution < 1.29 is 19.5 Å².